The summed E-state index contributed by atoms with van der Waals surface area (Å²) in [4.78, 5) is 32.7. The Kier molecular flexibility index (Phi) is 3.33. The van der Waals surface area contributed by atoms with Crippen molar-refractivity contribution in [2.24, 2.45) is 11.8 Å². The number of carbonyl (C=O) groups excluding carboxylic acids is 2. The Balaban J connectivity index is 2.68. The van der Waals surface area contributed by atoms with E-state index in [-0.39, 0.29) is 11.8 Å². The van der Waals surface area contributed by atoms with E-state index in [4.69, 9.17) is 4.89 Å². The molecule has 0 aromatic heterocycles. The molecule has 15 heavy (non-hydrogen) atoms. The molecule has 0 aromatic rings. The summed E-state index contributed by atoms with van der Waals surface area (Å²) in [6.45, 7) is 3.85. The number of hydrogen-bond acceptors (Lipinski definition) is 4. The molecule has 0 aliphatic carbocycles. The quantitative estimate of drug-likeness (QED) is 0.566. The van der Waals surface area contributed by atoms with Gasteiger partial charge in [-0.05, 0) is 0 Å². The van der Waals surface area contributed by atoms with Crippen molar-refractivity contribution in [2.45, 2.75) is 13.8 Å². The van der Waals surface area contributed by atoms with Crippen LogP contribution in [0.25, 0.3) is 0 Å². The second-order valence-electron chi connectivity index (χ2n) is 3.74. The van der Waals surface area contributed by atoms with Crippen LogP contribution in [0.5, 0.6) is 0 Å². The molecule has 1 saturated heterocycles. The average molecular weight is 235 g/mol. The third kappa shape index (κ3) is 2.65. The molecule has 1 N–H and O–H groups in total. The van der Waals surface area contributed by atoms with Gasteiger partial charge in [0.1, 0.15) is 6.73 Å². The van der Waals surface area contributed by atoms with Crippen LogP contribution in [0.15, 0.2) is 0 Å². The van der Waals surface area contributed by atoms with E-state index < -0.39 is 26.2 Å². The van der Waals surface area contributed by atoms with E-state index in [2.05, 4.69) is 4.52 Å². The first-order chi connectivity index (χ1) is 6.74. The van der Waals surface area contributed by atoms with Gasteiger partial charge >= 0.3 is 7.60 Å². The second-order valence-corrected chi connectivity index (χ2v) is 5.61. The molecule has 3 atom stereocenters. The lowest BCUT2D eigenvalue weighted by atomic mass is 10.00. The zero-order valence-electron chi connectivity index (χ0n) is 8.84. The number of likely N-dealkylation sites (tertiary alicyclic amines) is 1. The first-order valence-electron chi connectivity index (χ1n) is 4.54. The van der Waals surface area contributed by atoms with Crippen molar-refractivity contribution in [3.05, 3.63) is 0 Å². The van der Waals surface area contributed by atoms with Gasteiger partial charge in [-0.3, -0.25) is 23.6 Å². The predicted octanol–water partition coefficient (Wildman–Crippen LogP) is 0.417. The number of carbonyl (C=O) groups is 2. The van der Waals surface area contributed by atoms with E-state index in [9.17, 15) is 14.2 Å². The lowest BCUT2D eigenvalue weighted by Crippen LogP contribution is -2.32. The van der Waals surface area contributed by atoms with E-state index in [1.54, 1.807) is 13.8 Å². The van der Waals surface area contributed by atoms with E-state index in [0.29, 0.717) is 0 Å². The summed E-state index contributed by atoms with van der Waals surface area (Å²) in [5.41, 5.74) is 0. The molecule has 86 valence electrons. The smallest absolute Gasteiger partial charge is 0.324 e. The molecular formula is C8H14NO5P. The monoisotopic (exact) mass is 235 g/mol. The highest BCUT2D eigenvalue weighted by Gasteiger charge is 2.42. The van der Waals surface area contributed by atoms with Crippen molar-refractivity contribution in [3.63, 3.8) is 0 Å². The maximum atomic E-state index is 11.5. The maximum absolute atomic E-state index is 11.5. The first kappa shape index (κ1) is 12.4. The second kappa shape index (κ2) is 4.04. The largest absolute Gasteiger partial charge is 0.326 e. The molecule has 7 heteroatoms. The summed E-state index contributed by atoms with van der Waals surface area (Å²) in [7, 11) is -3.66. The van der Waals surface area contributed by atoms with Crippen molar-refractivity contribution in [1.82, 2.24) is 4.90 Å². The van der Waals surface area contributed by atoms with Crippen molar-refractivity contribution in [2.75, 3.05) is 13.4 Å². The van der Waals surface area contributed by atoms with Crippen molar-refractivity contribution < 1.29 is 23.6 Å². The Morgan fingerprint density at radius 3 is 2.07 bits per heavy atom. The number of nitrogens with zero attached hydrogens (tertiary/aromatic N) is 1. The van der Waals surface area contributed by atoms with Gasteiger partial charge in [-0.25, -0.2) is 0 Å². The molecule has 1 aliphatic heterocycles. The number of amides is 2. The fourth-order valence-electron chi connectivity index (χ4n) is 1.32. The molecule has 2 amide bonds. The van der Waals surface area contributed by atoms with Gasteiger partial charge < -0.3 is 4.89 Å². The van der Waals surface area contributed by atoms with Crippen LogP contribution < -0.4 is 0 Å². The standard InChI is InChI=1S/C8H14NO5P/c1-5-6(2)8(11)9(7(5)10)4-14-15(3,12)13/h5-6H,4H2,1-3H3,(H,12,13). The molecule has 0 spiro atoms. The summed E-state index contributed by atoms with van der Waals surface area (Å²) in [5, 5.41) is 0. The maximum Gasteiger partial charge on any atom is 0.326 e. The number of imide groups is 1. The fraction of sp³-hybridized carbons (Fsp3) is 0.750. The normalized spacial score (nSPS) is 30.8. The lowest BCUT2D eigenvalue weighted by Gasteiger charge is -2.15. The SMILES string of the molecule is CC1C(=O)N(COP(C)(=O)O)C(=O)C1C. The Labute approximate surface area is 87.7 Å². The van der Waals surface area contributed by atoms with Crippen LogP contribution >= 0.6 is 7.60 Å². The Morgan fingerprint density at radius 1 is 1.33 bits per heavy atom. The summed E-state index contributed by atoms with van der Waals surface area (Å²) >= 11 is 0. The van der Waals surface area contributed by atoms with Crippen LogP contribution in [0.4, 0.5) is 0 Å². The van der Waals surface area contributed by atoms with Gasteiger partial charge in [0.2, 0.25) is 11.8 Å². The van der Waals surface area contributed by atoms with Gasteiger partial charge in [0, 0.05) is 18.5 Å². The van der Waals surface area contributed by atoms with Crippen LogP contribution in [0.2, 0.25) is 0 Å². The van der Waals surface area contributed by atoms with E-state index in [1.807, 2.05) is 0 Å². The third-order valence-electron chi connectivity index (χ3n) is 2.49. The first-order valence-corrected chi connectivity index (χ1v) is 6.56. The van der Waals surface area contributed by atoms with Crippen molar-refractivity contribution >= 4 is 19.4 Å². The van der Waals surface area contributed by atoms with Gasteiger partial charge in [-0.15, -0.1) is 0 Å². The minimum atomic E-state index is -3.66. The lowest BCUT2D eigenvalue weighted by molar-refractivity contribution is -0.143. The molecule has 0 aromatic carbocycles. The highest BCUT2D eigenvalue weighted by Crippen LogP contribution is 2.37. The zero-order valence-corrected chi connectivity index (χ0v) is 9.73. The minimum absolute atomic E-state index is 0.360. The zero-order chi connectivity index (χ0) is 11.8. The van der Waals surface area contributed by atoms with Crippen LogP contribution in [0, 0.1) is 11.8 Å². The highest BCUT2D eigenvalue weighted by atomic mass is 31.2. The van der Waals surface area contributed by atoms with Crippen molar-refractivity contribution in [3.8, 4) is 0 Å². The molecule has 1 heterocycles. The number of rotatable bonds is 3. The van der Waals surface area contributed by atoms with Crippen LogP contribution in [-0.4, -0.2) is 35.0 Å². The molecule has 1 rings (SSSR count). The van der Waals surface area contributed by atoms with Gasteiger partial charge in [-0.2, -0.15) is 0 Å². The van der Waals surface area contributed by atoms with Gasteiger partial charge in [0.15, 0.2) is 0 Å². The fourth-order valence-corrected chi connectivity index (χ4v) is 1.65. The molecule has 1 fully saturated rings. The molecule has 0 radical (unpaired) electrons. The molecule has 0 saturated carbocycles. The van der Waals surface area contributed by atoms with Gasteiger partial charge in [-0.1, -0.05) is 13.8 Å². The molecular weight excluding hydrogens is 221 g/mol. The molecule has 0 bridgehead atoms. The van der Waals surface area contributed by atoms with Crippen molar-refractivity contribution in [1.29, 1.82) is 0 Å². The predicted molar refractivity (Wildman–Crippen MR) is 51.9 cm³/mol. The van der Waals surface area contributed by atoms with E-state index in [0.717, 1.165) is 11.6 Å². The Bertz CT molecular complexity index is 316. The molecule has 3 unspecified atom stereocenters. The number of hydrogen-bond donors (Lipinski definition) is 1. The topological polar surface area (TPSA) is 83.9 Å². The minimum Gasteiger partial charge on any atom is -0.324 e. The average Bonchev–Trinajstić information content (AvgIpc) is 2.28. The van der Waals surface area contributed by atoms with Crippen LogP contribution in [0.3, 0.4) is 0 Å². The van der Waals surface area contributed by atoms with E-state index in [1.165, 1.54) is 0 Å². The van der Waals surface area contributed by atoms with Crippen LogP contribution in [0.1, 0.15) is 13.8 Å². The molecule has 1 aliphatic rings. The summed E-state index contributed by atoms with van der Waals surface area (Å²) in [5.74, 6) is -1.51. The molecule has 6 nitrogen and oxygen atoms in total. The summed E-state index contributed by atoms with van der Waals surface area (Å²) in [6.07, 6.45) is 0. The van der Waals surface area contributed by atoms with Gasteiger partial charge in [0.05, 0.1) is 0 Å². The van der Waals surface area contributed by atoms with Crippen LogP contribution in [-0.2, 0) is 18.7 Å². The van der Waals surface area contributed by atoms with E-state index >= 15 is 0 Å². The summed E-state index contributed by atoms with van der Waals surface area (Å²) in [6, 6.07) is 0. The third-order valence-corrected chi connectivity index (χ3v) is 3.08. The van der Waals surface area contributed by atoms with Gasteiger partial charge in [0.25, 0.3) is 0 Å². The Morgan fingerprint density at radius 2 is 1.73 bits per heavy atom. The summed E-state index contributed by atoms with van der Waals surface area (Å²) < 4.78 is 15.4. The highest BCUT2D eigenvalue weighted by molar-refractivity contribution is 7.51. The Hall–Kier alpha value is -0.710.